The van der Waals surface area contributed by atoms with Crippen LogP contribution >= 0.6 is 0 Å². The summed E-state index contributed by atoms with van der Waals surface area (Å²) in [6, 6.07) is 0. The van der Waals surface area contributed by atoms with Crippen LogP contribution in [0.3, 0.4) is 0 Å². The highest BCUT2D eigenvalue weighted by atomic mass is 28.3. The van der Waals surface area contributed by atoms with Gasteiger partial charge in [0, 0.05) is 0 Å². The molecule has 0 unspecified atom stereocenters. The minimum absolute atomic E-state index is 0.206. The van der Waals surface area contributed by atoms with Gasteiger partial charge in [0.25, 0.3) is 0 Å². The van der Waals surface area contributed by atoms with Crippen molar-refractivity contribution in [1.82, 2.24) is 0 Å². The number of rotatable bonds is 4. The molecule has 0 bridgehead atoms. The molecule has 0 spiro atoms. The third-order valence-electron chi connectivity index (χ3n) is 3.16. The summed E-state index contributed by atoms with van der Waals surface area (Å²) in [5.74, 6) is -0.572. The highest BCUT2D eigenvalue weighted by Gasteiger charge is 2.32. The lowest BCUT2D eigenvalue weighted by atomic mass is 10.2. The third kappa shape index (κ3) is 4.49. The fraction of sp³-hybridized carbons (Fsp3) is 0.750. The Kier molecular flexibility index (Phi) is 5.42. The first kappa shape index (κ1) is 15.4. The van der Waals surface area contributed by atoms with E-state index in [2.05, 4.69) is 33.9 Å². The number of carbonyl (C=O) groups is 1. The van der Waals surface area contributed by atoms with Crippen molar-refractivity contribution in [3.05, 3.63) is 11.8 Å². The van der Waals surface area contributed by atoms with Crippen LogP contribution in [-0.4, -0.2) is 31.9 Å². The highest BCUT2D eigenvalue weighted by molar-refractivity contribution is 6.84. The fourth-order valence-electron chi connectivity index (χ4n) is 0.888. The quantitative estimate of drug-likeness (QED) is 0.610. The molecule has 0 amide bonds. The number of ether oxygens (including phenoxy) is 1. The van der Waals surface area contributed by atoms with Crippen molar-refractivity contribution in [3.8, 4) is 0 Å². The molecule has 4 heteroatoms. The van der Waals surface area contributed by atoms with E-state index >= 15 is 0 Å². The first-order valence-electron chi connectivity index (χ1n) is 5.66. The van der Waals surface area contributed by atoms with Gasteiger partial charge in [-0.25, -0.2) is 4.79 Å². The molecule has 0 saturated heterocycles. The van der Waals surface area contributed by atoms with Crippen molar-refractivity contribution in [2.75, 3.05) is 6.61 Å². The Morgan fingerprint density at radius 3 is 2.31 bits per heavy atom. The van der Waals surface area contributed by atoms with E-state index in [1.165, 1.54) is 0 Å². The Hall–Kier alpha value is -0.613. The normalized spacial score (nSPS) is 15.2. The van der Waals surface area contributed by atoms with Crippen LogP contribution in [-0.2, 0) is 9.53 Å². The first-order valence-corrected chi connectivity index (χ1v) is 8.73. The summed E-state index contributed by atoms with van der Waals surface area (Å²) in [5.41, 5.74) is 2.01. The molecule has 0 heterocycles. The van der Waals surface area contributed by atoms with Crippen LogP contribution in [0.15, 0.2) is 11.8 Å². The van der Waals surface area contributed by atoms with Crippen molar-refractivity contribution >= 4 is 14.0 Å². The van der Waals surface area contributed by atoms with Crippen LogP contribution in [0.1, 0.15) is 27.7 Å². The van der Waals surface area contributed by atoms with E-state index in [9.17, 15) is 9.90 Å². The summed E-state index contributed by atoms with van der Waals surface area (Å²) in [6.07, 6.45) is 0.434. The average molecular weight is 244 g/mol. The van der Waals surface area contributed by atoms with Crippen LogP contribution in [0.4, 0.5) is 0 Å². The fourth-order valence-corrected chi connectivity index (χ4v) is 2.05. The first-order chi connectivity index (χ1) is 7.12. The number of carbonyl (C=O) groups excluding carboxylic acids is 1. The van der Waals surface area contributed by atoms with E-state index in [-0.39, 0.29) is 5.04 Å². The lowest BCUT2D eigenvalue weighted by molar-refractivity contribution is -0.150. The lowest BCUT2D eigenvalue weighted by Crippen LogP contribution is -2.35. The molecular formula is C12H24O3Si. The molecule has 0 radical (unpaired) electrons. The standard InChI is InChI=1S/C12H24O3Si/c1-7-15-11(14)10(13)8-9-16(5,6)12(2,3)4/h8-10,13H,7H2,1-6H3/b9-8+/t10-/m0/s1. The molecule has 0 saturated carbocycles. The van der Waals surface area contributed by atoms with Gasteiger partial charge in [0.15, 0.2) is 6.10 Å². The van der Waals surface area contributed by atoms with Crippen molar-refractivity contribution in [1.29, 1.82) is 0 Å². The average Bonchev–Trinajstić information content (AvgIpc) is 2.12. The second kappa shape index (κ2) is 5.64. The van der Waals surface area contributed by atoms with Crippen molar-refractivity contribution in [2.45, 2.75) is 51.9 Å². The lowest BCUT2D eigenvalue weighted by Gasteiger charge is -2.34. The summed E-state index contributed by atoms with van der Waals surface area (Å²) >= 11 is 0. The Bertz CT molecular complexity index is 264. The van der Waals surface area contributed by atoms with Gasteiger partial charge in [-0.05, 0) is 12.0 Å². The molecule has 16 heavy (non-hydrogen) atoms. The Morgan fingerprint density at radius 1 is 1.44 bits per heavy atom. The smallest absolute Gasteiger partial charge is 0.338 e. The number of aliphatic hydroxyl groups excluding tert-OH is 1. The Morgan fingerprint density at radius 2 is 1.94 bits per heavy atom. The Balaban J connectivity index is 4.55. The summed E-state index contributed by atoms with van der Waals surface area (Å²) in [7, 11) is -1.58. The number of esters is 1. The summed E-state index contributed by atoms with van der Waals surface area (Å²) in [5, 5.41) is 9.74. The number of hydrogen-bond acceptors (Lipinski definition) is 3. The van der Waals surface area contributed by atoms with Gasteiger partial charge in [0.1, 0.15) is 0 Å². The van der Waals surface area contributed by atoms with E-state index in [1.807, 2.05) is 5.70 Å². The summed E-state index contributed by atoms with van der Waals surface area (Å²) in [6.45, 7) is 13.0. The van der Waals surface area contributed by atoms with Gasteiger partial charge in [-0.2, -0.15) is 0 Å². The topological polar surface area (TPSA) is 46.5 Å². The van der Waals surface area contributed by atoms with Crippen LogP contribution in [0, 0.1) is 0 Å². The molecule has 0 aromatic rings. The molecule has 3 nitrogen and oxygen atoms in total. The van der Waals surface area contributed by atoms with Crippen LogP contribution in [0.2, 0.25) is 18.1 Å². The van der Waals surface area contributed by atoms with Crippen LogP contribution in [0.5, 0.6) is 0 Å². The zero-order valence-corrected chi connectivity index (χ0v) is 12.2. The highest BCUT2D eigenvalue weighted by Crippen LogP contribution is 2.36. The third-order valence-corrected chi connectivity index (χ3v) is 8.05. The molecule has 94 valence electrons. The zero-order valence-electron chi connectivity index (χ0n) is 11.2. The van der Waals surface area contributed by atoms with Gasteiger partial charge in [0.05, 0.1) is 14.7 Å². The molecule has 0 aliphatic carbocycles. The van der Waals surface area contributed by atoms with Crippen molar-refractivity contribution in [2.24, 2.45) is 0 Å². The SMILES string of the molecule is CCOC(=O)[C@@H](O)/C=C/[Si](C)(C)C(C)(C)C. The number of hydrogen-bond donors (Lipinski definition) is 1. The maximum Gasteiger partial charge on any atom is 0.338 e. The number of aliphatic hydroxyl groups is 1. The predicted molar refractivity (Wildman–Crippen MR) is 69.0 cm³/mol. The predicted octanol–water partition coefficient (Wildman–Crippen LogP) is 2.51. The minimum Gasteiger partial charge on any atom is -0.464 e. The van der Waals surface area contributed by atoms with Crippen LogP contribution in [0.25, 0.3) is 0 Å². The van der Waals surface area contributed by atoms with Gasteiger partial charge in [-0.1, -0.05) is 45.6 Å². The molecular weight excluding hydrogens is 220 g/mol. The monoisotopic (exact) mass is 244 g/mol. The molecule has 0 fully saturated rings. The van der Waals surface area contributed by atoms with E-state index in [0.29, 0.717) is 6.61 Å². The van der Waals surface area contributed by atoms with Gasteiger partial charge in [0.2, 0.25) is 0 Å². The van der Waals surface area contributed by atoms with E-state index < -0.39 is 20.1 Å². The summed E-state index contributed by atoms with van der Waals surface area (Å²) in [4.78, 5) is 11.2. The van der Waals surface area contributed by atoms with Gasteiger partial charge in [-0.3, -0.25) is 0 Å². The molecule has 1 N–H and O–H groups in total. The maximum atomic E-state index is 11.2. The molecule has 0 aromatic carbocycles. The Labute approximate surface area is 99.5 Å². The van der Waals surface area contributed by atoms with Crippen molar-refractivity contribution < 1.29 is 14.6 Å². The second-order valence-electron chi connectivity index (χ2n) is 5.53. The second-order valence-corrected chi connectivity index (χ2v) is 10.8. The minimum atomic E-state index is -1.58. The maximum absolute atomic E-state index is 11.2. The zero-order chi connectivity index (χ0) is 13.0. The molecule has 0 aromatic heterocycles. The largest absolute Gasteiger partial charge is 0.464 e. The summed E-state index contributed by atoms with van der Waals surface area (Å²) < 4.78 is 4.73. The van der Waals surface area contributed by atoms with Crippen molar-refractivity contribution in [3.63, 3.8) is 0 Å². The van der Waals surface area contributed by atoms with E-state index in [0.717, 1.165) is 0 Å². The van der Waals surface area contributed by atoms with Gasteiger partial charge in [-0.15, -0.1) is 0 Å². The molecule has 0 aliphatic rings. The molecule has 0 aliphatic heterocycles. The van der Waals surface area contributed by atoms with Gasteiger partial charge >= 0.3 is 5.97 Å². The molecule has 1 atom stereocenters. The van der Waals surface area contributed by atoms with Gasteiger partial charge < -0.3 is 9.84 Å². The van der Waals surface area contributed by atoms with Crippen LogP contribution < -0.4 is 0 Å². The van der Waals surface area contributed by atoms with E-state index in [1.54, 1.807) is 13.0 Å². The molecule has 0 rings (SSSR count). The van der Waals surface area contributed by atoms with E-state index in [4.69, 9.17) is 4.74 Å².